The van der Waals surface area contributed by atoms with Crippen LogP contribution >= 0.6 is 0 Å². The van der Waals surface area contributed by atoms with Crippen molar-refractivity contribution in [3.8, 4) is 16.9 Å². The lowest BCUT2D eigenvalue weighted by molar-refractivity contribution is 0.0423. The Labute approximate surface area is 229 Å². The lowest BCUT2D eigenvalue weighted by atomic mass is 9.77. The minimum absolute atomic E-state index is 0.0194. The molecule has 0 aromatic heterocycles. The van der Waals surface area contributed by atoms with Gasteiger partial charge >= 0.3 is 6.09 Å². The summed E-state index contributed by atoms with van der Waals surface area (Å²) in [6, 6.07) is 19.3. The van der Waals surface area contributed by atoms with Crippen LogP contribution in [-0.4, -0.2) is 50.8 Å². The number of hydrogen-bond acceptors (Lipinski definition) is 4. The molecule has 39 heavy (non-hydrogen) atoms. The molecule has 1 heterocycles. The number of likely N-dealkylation sites (tertiary alicyclic amines) is 1. The Kier molecular flexibility index (Phi) is 8.20. The molecule has 2 atom stereocenters. The first-order valence-corrected chi connectivity index (χ1v) is 14.4. The van der Waals surface area contributed by atoms with Crippen molar-refractivity contribution < 1.29 is 27.4 Å². The highest BCUT2D eigenvalue weighted by molar-refractivity contribution is 7.92. The Morgan fingerprint density at radius 2 is 1.74 bits per heavy atom. The normalized spacial score (nSPS) is 18.0. The van der Waals surface area contributed by atoms with E-state index >= 15 is 0 Å². The number of piperidine rings is 1. The van der Waals surface area contributed by atoms with Crippen molar-refractivity contribution >= 4 is 21.8 Å². The first-order chi connectivity index (χ1) is 18.4. The summed E-state index contributed by atoms with van der Waals surface area (Å²) in [6.07, 6.45) is 0.0680. The van der Waals surface area contributed by atoms with Crippen molar-refractivity contribution in [1.29, 1.82) is 0 Å². The van der Waals surface area contributed by atoms with E-state index in [0.717, 1.165) is 17.7 Å². The van der Waals surface area contributed by atoms with Gasteiger partial charge in [0.15, 0.2) is 0 Å². The molecule has 0 spiro atoms. The van der Waals surface area contributed by atoms with Crippen LogP contribution in [0.25, 0.3) is 11.1 Å². The van der Waals surface area contributed by atoms with Gasteiger partial charge in [-0.05, 0) is 72.2 Å². The molecule has 0 radical (unpaired) electrons. The van der Waals surface area contributed by atoms with E-state index < -0.39 is 21.9 Å². The molecular weight excluding hydrogens is 519 g/mol. The van der Waals surface area contributed by atoms with Crippen LogP contribution in [0.2, 0.25) is 0 Å². The van der Waals surface area contributed by atoms with E-state index in [-0.39, 0.29) is 28.8 Å². The zero-order valence-corrected chi connectivity index (χ0v) is 23.5. The van der Waals surface area contributed by atoms with E-state index in [1.54, 1.807) is 19.2 Å². The van der Waals surface area contributed by atoms with Crippen molar-refractivity contribution in [2.45, 2.75) is 44.6 Å². The first kappa shape index (κ1) is 28.4. The predicted octanol–water partition coefficient (Wildman–Crippen LogP) is 6.50. The molecule has 3 aromatic carbocycles. The monoisotopic (exact) mass is 554 g/mol. The van der Waals surface area contributed by atoms with Gasteiger partial charge < -0.3 is 14.7 Å². The Hall–Kier alpha value is -3.59. The van der Waals surface area contributed by atoms with E-state index in [1.165, 1.54) is 21.3 Å². The molecule has 1 aliphatic heterocycles. The molecule has 0 aliphatic carbocycles. The highest BCUT2D eigenvalue weighted by atomic mass is 32.2. The van der Waals surface area contributed by atoms with Crippen LogP contribution in [0.15, 0.2) is 77.7 Å². The quantitative estimate of drug-likeness (QED) is 0.360. The molecule has 1 saturated heterocycles. The smallest absolute Gasteiger partial charge is 0.407 e. The number of benzene rings is 3. The van der Waals surface area contributed by atoms with Gasteiger partial charge in [-0.3, -0.25) is 4.31 Å². The summed E-state index contributed by atoms with van der Waals surface area (Å²) in [4.78, 5) is 13.4. The average Bonchev–Trinajstić information content (AvgIpc) is 2.91. The molecule has 0 bridgehead atoms. The number of nitrogens with zero attached hydrogens (tertiary/aromatic N) is 2. The van der Waals surface area contributed by atoms with Crippen molar-refractivity contribution in [2.75, 3.05) is 24.5 Å². The number of hydrogen-bond donors (Lipinski definition) is 1. The fraction of sp³-hybridized carbons (Fsp3) is 0.367. The fourth-order valence-corrected chi connectivity index (χ4v) is 6.82. The molecule has 2 unspecified atom stereocenters. The summed E-state index contributed by atoms with van der Waals surface area (Å²) >= 11 is 0. The summed E-state index contributed by atoms with van der Waals surface area (Å²) in [6.45, 7) is 6.46. The molecule has 0 saturated carbocycles. The van der Waals surface area contributed by atoms with Crippen molar-refractivity contribution in [3.05, 3.63) is 78.6 Å². The predicted molar refractivity (Wildman–Crippen MR) is 150 cm³/mol. The number of carbonyl (C=O) groups is 1. The molecule has 1 aliphatic rings. The maximum atomic E-state index is 14.2. The summed E-state index contributed by atoms with van der Waals surface area (Å²) in [5.74, 6) is -0.0472. The topological polar surface area (TPSA) is 87.2 Å². The Bertz CT molecular complexity index is 1410. The van der Waals surface area contributed by atoms with Crippen LogP contribution < -0.4 is 9.04 Å². The van der Waals surface area contributed by atoms with Crippen molar-refractivity contribution in [3.63, 3.8) is 0 Å². The SMILES string of the molecule is COc1ccc(N(CC2CCN(C(=O)O)C(C(C)(C)C)C2)S(=O)(=O)c2ccc(F)cc2)c(-c2ccccc2)c1. The highest BCUT2D eigenvalue weighted by Crippen LogP contribution is 2.40. The summed E-state index contributed by atoms with van der Waals surface area (Å²) in [5.41, 5.74) is 1.64. The van der Waals surface area contributed by atoms with Gasteiger partial charge in [0, 0.05) is 24.7 Å². The van der Waals surface area contributed by atoms with Crippen LogP contribution in [0.3, 0.4) is 0 Å². The van der Waals surface area contributed by atoms with Crippen LogP contribution in [0.1, 0.15) is 33.6 Å². The van der Waals surface area contributed by atoms with Crippen molar-refractivity contribution in [2.24, 2.45) is 11.3 Å². The van der Waals surface area contributed by atoms with Crippen LogP contribution in [0.4, 0.5) is 14.9 Å². The van der Waals surface area contributed by atoms with Gasteiger partial charge in [0.1, 0.15) is 11.6 Å². The van der Waals surface area contributed by atoms with E-state index in [4.69, 9.17) is 4.74 Å². The summed E-state index contributed by atoms with van der Waals surface area (Å²) in [7, 11) is -2.55. The second-order valence-corrected chi connectivity index (χ2v) is 12.8. The Morgan fingerprint density at radius 1 is 1.08 bits per heavy atom. The molecule has 1 amide bonds. The average molecular weight is 555 g/mol. The van der Waals surface area contributed by atoms with E-state index in [0.29, 0.717) is 36.4 Å². The van der Waals surface area contributed by atoms with Gasteiger partial charge in [0.2, 0.25) is 0 Å². The Balaban J connectivity index is 1.82. The number of anilines is 1. The number of sulfonamides is 1. The molecular formula is C30H35FN2O5S. The molecule has 4 rings (SSSR count). The summed E-state index contributed by atoms with van der Waals surface area (Å²) in [5, 5.41) is 9.81. The highest BCUT2D eigenvalue weighted by Gasteiger charge is 2.40. The largest absolute Gasteiger partial charge is 0.497 e. The van der Waals surface area contributed by atoms with Gasteiger partial charge in [-0.1, -0.05) is 51.1 Å². The number of amides is 1. The van der Waals surface area contributed by atoms with Gasteiger partial charge in [0.05, 0.1) is 17.7 Å². The van der Waals surface area contributed by atoms with E-state index in [2.05, 4.69) is 0 Å². The second kappa shape index (κ2) is 11.3. The van der Waals surface area contributed by atoms with Crippen LogP contribution in [-0.2, 0) is 10.0 Å². The minimum Gasteiger partial charge on any atom is -0.497 e. The molecule has 3 aromatic rings. The Morgan fingerprint density at radius 3 is 2.33 bits per heavy atom. The van der Waals surface area contributed by atoms with Crippen molar-refractivity contribution in [1.82, 2.24) is 4.90 Å². The lowest BCUT2D eigenvalue weighted by Crippen LogP contribution is -2.53. The van der Waals surface area contributed by atoms with Crippen LogP contribution in [0, 0.1) is 17.2 Å². The summed E-state index contributed by atoms with van der Waals surface area (Å²) < 4.78 is 48.9. The first-order valence-electron chi connectivity index (χ1n) is 12.9. The zero-order chi connectivity index (χ0) is 28.4. The lowest BCUT2D eigenvalue weighted by Gasteiger charge is -2.45. The standard InChI is InChI=1S/C30H35FN2O5S/c1-30(2,3)28-18-21(16-17-32(28)29(34)35)20-33(39(36,37)25-13-10-23(31)11-14-25)27-15-12-24(38-4)19-26(27)22-8-6-5-7-9-22/h5-15,19,21,28H,16-18,20H2,1-4H3,(H,34,35). The number of rotatable bonds is 7. The molecule has 9 heteroatoms. The number of ether oxygens (including phenoxy) is 1. The molecule has 208 valence electrons. The third-order valence-corrected chi connectivity index (χ3v) is 9.13. The fourth-order valence-electron chi connectivity index (χ4n) is 5.26. The maximum Gasteiger partial charge on any atom is 0.407 e. The molecule has 1 fully saturated rings. The van der Waals surface area contributed by atoms with E-state index in [9.17, 15) is 22.7 Å². The minimum atomic E-state index is -4.11. The van der Waals surface area contributed by atoms with Gasteiger partial charge in [-0.15, -0.1) is 0 Å². The second-order valence-electron chi connectivity index (χ2n) is 11.0. The number of methoxy groups -OCH3 is 1. The number of carboxylic acid groups (broad SMARTS) is 1. The molecule has 1 N–H and O–H groups in total. The van der Waals surface area contributed by atoms with Gasteiger partial charge in [-0.25, -0.2) is 17.6 Å². The zero-order valence-electron chi connectivity index (χ0n) is 22.7. The number of halogens is 1. The van der Waals surface area contributed by atoms with Crippen LogP contribution in [0.5, 0.6) is 5.75 Å². The maximum absolute atomic E-state index is 14.2. The molecule has 7 nitrogen and oxygen atoms in total. The third-order valence-electron chi connectivity index (χ3n) is 7.34. The van der Waals surface area contributed by atoms with Gasteiger partial charge in [-0.2, -0.15) is 0 Å². The van der Waals surface area contributed by atoms with Gasteiger partial charge in [0.25, 0.3) is 10.0 Å². The third kappa shape index (κ3) is 6.19. The van der Waals surface area contributed by atoms with E-state index in [1.807, 2.05) is 57.2 Å².